The first-order valence-corrected chi connectivity index (χ1v) is 10.3. The number of rotatable bonds is 6. The van der Waals surface area contributed by atoms with Crippen LogP contribution in [0.15, 0.2) is 78.9 Å². The predicted octanol–water partition coefficient (Wildman–Crippen LogP) is 5.28. The molecule has 6 heteroatoms. The number of hydrogen-bond donors (Lipinski definition) is 1. The molecule has 1 N–H and O–H groups in total. The zero-order valence-electron chi connectivity index (χ0n) is 15.3. The van der Waals surface area contributed by atoms with E-state index in [4.69, 9.17) is 9.05 Å². The van der Waals surface area contributed by atoms with Crippen molar-refractivity contribution in [2.24, 2.45) is 0 Å². The van der Waals surface area contributed by atoms with Crippen molar-refractivity contribution in [3.8, 4) is 5.75 Å². The first-order valence-electron chi connectivity index (χ1n) is 8.80. The number of benzene rings is 3. The van der Waals surface area contributed by atoms with Gasteiger partial charge < -0.3 is 4.52 Å². The van der Waals surface area contributed by atoms with Crippen LogP contribution in [0.2, 0.25) is 0 Å². The third-order valence-corrected chi connectivity index (χ3v) is 6.20. The summed E-state index contributed by atoms with van der Waals surface area (Å²) in [7, 11) is -2.07. The summed E-state index contributed by atoms with van der Waals surface area (Å²) in [6.07, 6.45) is 3.93. The Labute approximate surface area is 163 Å². The highest BCUT2D eigenvalue weighted by atomic mass is 31.2. The highest BCUT2D eigenvalue weighted by Crippen LogP contribution is 2.46. The Hall–Kier alpha value is -3.14. The molecule has 1 unspecified atom stereocenters. The zero-order chi connectivity index (χ0) is 19.4. The molecule has 5 nitrogen and oxygen atoms in total. The normalized spacial score (nSPS) is 13.6. The lowest BCUT2D eigenvalue weighted by atomic mass is 10.1. The Morgan fingerprint density at radius 3 is 2.36 bits per heavy atom. The van der Waals surface area contributed by atoms with E-state index in [-0.39, 0.29) is 0 Å². The average Bonchev–Trinajstić information content (AvgIpc) is 3.16. The maximum Gasteiger partial charge on any atom is 0.410 e. The molecular formula is C22H19N2O3P. The van der Waals surface area contributed by atoms with Crippen molar-refractivity contribution in [3.05, 3.63) is 90.1 Å². The lowest BCUT2D eigenvalue weighted by molar-refractivity contribution is 0.334. The van der Waals surface area contributed by atoms with Crippen LogP contribution in [0.5, 0.6) is 5.75 Å². The number of aromatic nitrogens is 2. The van der Waals surface area contributed by atoms with E-state index in [1.54, 1.807) is 30.3 Å². The van der Waals surface area contributed by atoms with Crippen LogP contribution in [0.25, 0.3) is 23.1 Å². The fourth-order valence-corrected chi connectivity index (χ4v) is 4.20. The smallest absolute Gasteiger partial charge is 0.410 e. The van der Waals surface area contributed by atoms with Crippen molar-refractivity contribution in [1.82, 2.24) is 10.2 Å². The van der Waals surface area contributed by atoms with Gasteiger partial charge in [-0.3, -0.25) is 9.62 Å². The fraction of sp³-hybridized carbons (Fsp3) is 0.0455. The molecule has 1 atom stereocenters. The van der Waals surface area contributed by atoms with E-state index in [9.17, 15) is 4.57 Å². The molecule has 0 bridgehead atoms. The molecule has 0 aliphatic carbocycles. The van der Waals surface area contributed by atoms with Crippen molar-refractivity contribution in [1.29, 1.82) is 0 Å². The Bertz CT molecular complexity index is 1150. The number of fused-ring (bicyclic) bond motifs is 1. The molecule has 28 heavy (non-hydrogen) atoms. The van der Waals surface area contributed by atoms with Crippen LogP contribution in [0.3, 0.4) is 0 Å². The van der Waals surface area contributed by atoms with Crippen LogP contribution < -0.4 is 9.83 Å². The van der Waals surface area contributed by atoms with Gasteiger partial charge in [-0.15, -0.1) is 0 Å². The second-order valence-electron chi connectivity index (χ2n) is 6.17. The zero-order valence-corrected chi connectivity index (χ0v) is 16.2. The van der Waals surface area contributed by atoms with E-state index in [0.29, 0.717) is 11.1 Å². The largest absolute Gasteiger partial charge is 0.421 e. The molecule has 0 aliphatic heterocycles. The predicted molar refractivity (Wildman–Crippen MR) is 113 cm³/mol. The number of aromatic amines is 1. The molecule has 0 saturated carbocycles. The van der Waals surface area contributed by atoms with E-state index in [2.05, 4.69) is 10.2 Å². The summed E-state index contributed by atoms with van der Waals surface area (Å²) in [5.41, 5.74) is 2.72. The molecule has 0 fully saturated rings. The summed E-state index contributed by atoms with van der Waals surface area (Å²) in [5.74, 6) is 0.456. The van der Waals surface area contributed by atoms with Gasteiger partial charge in [0.15, 0.2) is 0 Å². The van der Waals surface area contributed by atoms with E-state index in [0.717, 1.165) is 22.2 Å². The second kappa shape index (κ2) is 7.85. The van der Waals surface area contributed by atoms with Gasteiger partial charge in [-0.2, -0.15) is 5.10 Å². The molecule has 3 aromatic carbocycles. The lowest BCUT2D eigenvalue weighted by Crippen LogP contribution is -2.10. The summed E-state index contributed by atoms with van der Waals surface area (Å²) in [6, 6.07) is 24.3. The number of hydrogen-bond acceptors (Lipinski definition) is 4. The molecule has 1 heterocycles. The molecule has 0 aliphatic rings. The maximum absolute atomic E-state index is 13.1. The van der Waals surface area contributed by atoms with Crippen LogP contribution >= 0.6 is 7.60 Å². The highest BCUT2D eigenvalue weighted by molar-refractivity contribution is 7.62. The van der Waals surface area contributed by atoms with Crippen molar-refractivity contribution in [3.63, 3.8) is 0 Å². The van der Waals surface area contributed by atoms with Crippen LogP contribution in [0.1, 0.15) is 11.3 Å². The number of H-pyrrole nitrogens is 1. The Morgan fingerprint density at radius 1 is 0.929 bits per heavy atom. The summed E-state index contributed by atoms with van der Waals surface area (Å²) in [4.78, 5) is 0. The van der Waals surface area contributed by atoms with Crippen LogP contribution in [-0.4, -0.2) is 17.3 Å². The molecule has 0 amide bonds. The summed E-state index contributed by atoms with van der Waals surface area (Å²) >= 11 is 0. The first-order chi connectivity index (χ1) is 13.7. The van der Waals surface area contributed by atoms with Crippen molar-refractivity contribution in [2.45, 2.75) is 0 Å². The number of nitrogens with one attached hydrogen (secondary N) is 1. The Morgan fingerprint density at radius 2 is 1.64 bits per heavy atom. The standard InChI is InChI=1S/C22H19N2O3P/c1-26-28(25,19-10-6-3-7-11-19)27-18-13-15-22-20(16-18)21(23-24-22)14-12-17-8-4-2-5-9-17/h2-16H,1H3,(H,23,24). The third kappa shape index (κ3) is 3.77. The van der Waals surface area contributed by atoms with E-state index >= 15 is 0 Å². The summed E-state index contributed by atoms with van der Waals surface area (Å²) < 4.78 is 24.2. The minimum atomic E-state index is -3.46. The molecule has 0 spiro atoms. The van der Waals surface area contributed by atoms with Crippen molar-refractivity contribution < 1.29 is 13.6 Å². The van der Waals surface area contributed by atoms with Crippen LogP contribution in [0, 0.1) is 0 Å². The molecule has 0 saturated heterocycles. The summed E-state index contributed by atoms with van der Waals surface area (Å²) in [5, 5.41) is 8.75. The van der Waals surface area contributed by atoms with Gasteiger partial charge in [0.1, 0.15) is 5.75 Å². The van der Waals surface area contributed by atoms with Gasteiger partial charge >= 0.3 is 7.60 Å². The molecule has 4 rings (SSSR count). The topological polar surface area (TPSA) is 64.2 Å². The quantitative estimate of drug-likeness (QED) is 0.455. The monoisotopic (exact) mass is 390 g/mol. The number of nitrogens with zero attached hydrogens (tertiary/aromatic N) is 1. The van der Waals surface area contributed by atoms with Gasteiger partial charge in [-0.05, 0) is 42.0 Å². The molecule has 1 aromatic heterocycles. The lowest BCUT2D eigenvalue weighted by Gasteiger charge is -2.17. The van der Waals surface area contributed by atoms with Crippen molar-refractivity contribution in [2.75, 3.05) is 7.11 Å². The minimum Gasteiger partial charge on any atom is -0.421 e. The highest BCUT2D eigenvalue weighted by Gasteiger charge is 2.27. The SMILES string of the molecule is COP(=O)(Oc1ccc2[nH]nc(C=Cc3ccccc3)c2c1)c1ccccc1. The van der Waals surface area contributed by atoms with Gasteiger partial charge in [0, 0.05) is 12.5 Å². The summed E-state index contributed by atoms with van der Waals surface area (Å²) in [6.45, 7) is 0. The van der Waals surface area contributed by atoms with Crippen LogP contribution in [0.4, 0.5) is 0 Å². The first kappa shape index (κ1) is 18.2. The Kier molecular flexibility index (Phi) is 5.11. The van der Waals surface area contributed by atoms with E-state index in [1.807, 2.05) is 60.7 Å². The molecule has 4 aromatic rings. The van der Waals surface area contributed by atoms with Crippen LogP contribution in [-0.2, 0) is 9.09 Å². The second-order valence-corrected chi connectivity index (χ2v) is 8.23. The maximum atomic E-state index is 13.1. The van der Waals surface area contributed by atoms with Gasteiger partial charge in [0.2, 0.25) is 0 Å². The molecule has 140 valence electrons. The fourth-order valence-electron chi connectivity index (χ4n) is 2.88. The third-order valence-electron chi connectivity index (χ3n) is 4.34. The van der Waals surface area contributed by atoms with Crippen molar-refractivity contribution >= 4 is 36.0 Å². The van der Waals surface area contributed by atoms with Gasteiger partial charge in [-0.25, -0.2) is 4.57 Å². The minimum absolute atomic E-state index is 0.456. The molecular weight excluding hydrogens is 371 g/mol. The Balaban J connectivity index is 1.66. The van der Waals surface area contributed by atoms with Gasteiger partial charge in [-0.1, -0.05) is 54.6 Å². The van der Waals surface area contributed by atoms with E-state index in [1.165, 1.54) is 7.11 Å². The average molecular weight is 390 g/mol. The van der Waals surface area contributed by atoms with E-state index < -0.39 is 7.60 Å². The molecule has 0 radical (unpaired) electrons. The van der Waals surface area contributed by atoms with Gasteiger partial charge in [0.05, 0.1) is 16.5 Å². The van der Waals surface area contributed by atoms with Gasteiger partial charge in [0.25, 0.3) is 0 Å².